The molecule has 1 amide bonds. The van der Waals surface area contributed by atoms with Gasteiger partial charge in [-0.1, -0.05) is 19.8 Å². The molecule has 1 aliphatic carbocycles. The van der Waals surface area contributed by atoms with Crippen LogP contribution in [0.4, 0.5) is 0 Å². The maximum atomic E-state index is 12.6. The van der Waals surface area contributed by atoms with Gasteiger partial charge in [-0.3, -0.25) is 9.69 Å². The van der Waals surface area contributed by atoms with Crippen molar-refractivity contribution in [2.24, 2.45) is 5.92 Å². The molecular weight excluding hydrogens is 264 g/mol. The zero-order chi connectivity index (χ0) is 15.2. The van der Waals surface area contributed by atoms with Crippen LogP contribution in [0.1, 0.15) is 58.3 Å². The maximum absolute atomic E-state index is 12.6. The second-order valence-corrected chi connectivity index (χ2v) is 7.07. The minimum absolute atomic E-state index is 0.177. The Morgan fingerprint density at radius 3 is 2.52 bits per heavy atom. The van der Waals surface area contributed by atoms with Gasteiger partial charge in [-0.15, -0.1) is 0 Å². The quantitative estimate of drug-likeness (QED) is 0.865. The molecule has 1 heterocycles. The van der Waals surface area contributed by atoms with Crippen LogP contribution in [0.3, 0.4) is 0 Å². The van der Waals surface area contributed by atoms with Crippen molar-refractivity contribution in [3.05, 3.63) is 0 Å². The van der Waals surface area contributed by atoms with E-state index in [2.05, 4.69) is 11.8 Å². The first-order valence-electron chi connectivity index (χ1n) is 8.72. The summed E-state index contributed by atoms with van der Waals surface area (Å²) in [7, 11) is 1.97. The molecule has 0 bridgehead atoms. The Balaban J connectivity index is 1.86. The summed E-state index contributed by atoms with van der Waals surface area (Å²) in [6.45, 7) is 3.92. The second-order valence-electron chi connectivity index (χ2n) is 7.07. The Kier molecular flexibility index (Phi) is 6.49. The summed E-state index contributed by atoms with van der Waals surface area (Å²) in [6, 6.07) is 0.601. The van der Waals surface area contributed by atoms with E-state index in [4.69, 9.17) is 0 Å². The van der Waals surface area contributed by atoms with E-state index in [1.165, 1.54) is 25.7 Å². The van der Waals surface area contributed by atoms with E-state index in [1.807, 2.05) is 11.9 Å². The number of aliphatic hydroxyl groups excluding tert-OH is 1. The van der Waals surface area contributed by atoms with Gasteiger partial charge in [-0.2, -0.15) is 0 Å². The minimum atomic E-state index is 0.177. The Bertz CT molecular complexity index is 327. The molecule has 1 saturated carbocycles. The number of nitrogens with zero attached hydrogens (tertiary/aromatic N) is 2. The molecule has 0 aromatic heterocycles. The monoisotopic (exact) mass is 296 g/mol. The molecule has 0 radical (unpaired) electrons. The fourth-order valence-electron chi connectivity index (χ4n) is 3.77. The Morgan fingerprint density at radius 1 is 1.14 bits per heavy atom. The van der Waals surface area contributed by atoms with Crippen LogP contribution in [0.5, 0.6) is 0 Å². The van der Waals surface area contributed by atoms with E-state index < -0.39 is 0 Å². The van der Waals surface area contributed by atoms with Crippen LogP contribution >= 0.6 is 0 Å². The first-order chi connectivity index (χ1) is 10.1. The maximum Gasteiger partial charge on any atom is 0.236 e. The van der Waals surface area contributed by atoms with Crippen LogP contribution in [0.25, 0.3) is 0 Å². The highest BCUT2D eigenvalue weighted by Gasteiger charge is 2.28. The normalized spacial score (nSPS) is 31.7. The van der Waals surface area contributed by atoms with Gasteiger partial charge in [0.25, 0.3) is 0 Å². The van der Waals surface area contributed by atoms with Gasteiger partial charge in [0.05, 0.1) is 13.2 Å². The number of hydrogen-bond donors (Lipinski definition) is 1. The number of carbonyl (C=O) groups excluding carboxylic acids is 1. The lowest BCUT2D eigenvalue weighted by molar-refractivity contribution is -0.134. The molecule has 4 heteroatoms. The number of rotatable bonds is 4. The van der Waals surface area contributed by atoms with E-state index in [0.717, 1.165) is 38.1 Å². The number of carbonyl (C=O) groups is 1. The third kappa shape index (κ3) is 4.68. The Labute approximate surface area is 129 Å². The zero-order valence-corrected chi connectivity index (χ0v) is 13.8. The highest BCUT2D eigenvalue weighted by atomic mass is 16.3. The fourth-order valence-corrected chi connectivity index (χ4v) is 3.77. The summed E-state index contributed by atoms with van der Waals surface area (Å²) in [5, 5.41) is 9.55. The van der Waals surface area contributed by atoms with Gasteiger partial charge in [0.1, 0.15) is 0 Å². The van der Waals surface area contributed by atoms with Gasteiger partial charge in [-0.05, 0) is 51.0 Å². The molecule has 21 heavy (non-hydrogen) atoms. The molecule has 4 nitrogen and oxygen atoms in total. The summed E-state index contributed by atoms with van der Waals surface area (Å²) < 4.78 is 0. The summed E-state index contributed by atoms with van der Waals surface area (Å²) in [5.74, 6) is 1.05. The SMILES string of the molecule is CC1CCC(N(C)C(=O)CN2CCCCCC2CO)CC1. The highest BCUT2D eigenvalue weighted by molar-refractivity contribution is 5.78. The number of likely N-dealkylation sites (N-methyl/N-ethyl adjacent to an activating group) is 1. The Hall–Kier alpha value is -0.610. The van der Waals surface area contributed by atoms with E-state index in [9.17, 15) is 9.90 Å². The fraction of sp³-hybridized carbons (Fsp3) is 0.941. The lowest BCUT2D eigenvalue weighted by Gasteiger charge is -2.36. The van der Waals surface area contributed by atoms with Gasteiger partial charge in [0, 0.05) is 19.1 Å². The van der Waals surface area contributed by atoms with Gasteiger partial charge < -0.3 is 10.0 Å². The molecule has 2 rings (SSSR count). The number of likely N-dealkylation sites (tertiary alicyclic amines) is 1. The number of amides is 1. The minimum Gasteiger partial charge on any atom is -0.395 e. The van der Waals surface area contributed by atoms with Crippen LogP contribution in [0.2, 0.25) is 0 Å². The molecule has 0 spiro atoms. The summed E-state index contributed by atoms with van der Waals surface area (Å²) in [4.78, 5) is 16.8. The van der Waals surface area contributed by atoms with E-state index in [1.54, 1.807) is 0 Å². The first kappa shape index (κ1) is 16.8. The summed E-state index contributed by atoms with van der Waals surface area (Å²) >= 11 is 0. The van der Waals surface area contributed by atoms with Crippen molar-refractivity contribution >= 4 is 5.91 Å². The van der Waals surface area contributed by atoms with Crippen LogP contribution in [-0.4, -0.2) is 59.6 Å². The molecule has 1 saturated heterocycles. The average molecular weight is 296 g/mol. The largest absolute Gasteiger partial charge is 0.395 e. The Morgan fingerprint density at radius 2 is 1.86 bits per heavy atom. The van der Waals surface area contributed by atoms with Gasteiger partial charge in [-0.25, -0.2) is 0 Å². The smallest absolute Gasteiger partial charge is 0.236 e. The number of hydrogen-bond acceptors (Lipinski definition) is 3. The molecule has 2 aliphatic rings. The molecule has 0 aromatic carbocycles. The molecule has 0 aromatic rings. The summed E-state index contributed by atoms with van der Waals surface area (Å²) in [6.07, 6.45) is 9.34. The molecule has 1 atom stereocenters. The molecular formula is C17H32N2O2. The summed E-state index contributed by atoms with van der Waals surface area (Å²) in [5.41, 5.74) is 0. The van der Waals surface area contributed by atoms with Gasteiger partial charge in [0.2, 0.25) is 5.91 Å². The van der Waals surface area contributed by atoms with Crippen LogP contribution in [0.15, 0.2) is 0 Å². The number of aliphatic hydroxyl groups is 1. The van der Waals surface area contributed by atoms with E-state index >= 15 is 0 Å². The standard InChI is InChI=1S/C17H32N2O2/c1-14-7-9-15(10-8-14)18(2)17(21)12-19-11-5-3-4-6-16(19)13-20/h14-16,20H,3-13H2,1-2H3. The lowest BCUT2D eigenvalue weighted by atomic mass is 9.87. The van der Waals surface area contributed by atoms with Crippen LogP contribution < -0.4 is 0 Å². The van der Waals surface area contributed by atoms with Crippen LogP contribution in [0, 0.1) is 5.92 Å². The van der Waals surface area contributed by atoms with E-state index in [0.29, 0.717) is 12.6 Å². The predicted octanol–water partition coefficient (Wildman–Crippen LogP) is 2.26. The van der Waals surface area contributed by atoms with Crippen molar-refractivity contribution < 1.29 is 9.90 Å². The third-order valence-corrected chi connectivity index (χ3v) is 5.47. The highest BCUT2D eigenvalue weighted by Crippen LogP contribution is 2.26. The molecule has 1 aliphatic heterocycles. The van der Waals surface area contributed by atoms with Crippen molar-refractivity contribution in [2.45, 2.75) is 70.4 Å². The topological polar surface area (TPSA) is 43.8 Å². The molecule has 122 valence electrons. The third-order valence-electron chi connectivity index (χ3n) is 5.47. The van der Waals surface area contributed by atoms with Gasteiger partial charge in [0.15, 0.2) is 0 Å². The first-order valence-corrected chi connectivity index (χ1v) is 8.72. The predicted molar refractivity (Wildman–Crippen MR) is 85.1 cm³/mol. The average Bonchev–Trinajstić information content (AvgIpc) is 2.72. The van der Waals surface area contributed by atoms with Crippen molar-refractivity contribution in [1.82, 2.24) is 9.80 Å². The lowest BCUT2D eigenvalue weighted by Crippen LogP contribution is -2.48. The molecule has 1 unspecified atom stereocenters. The van der Waals surface area contributed by atoms with Gasteiger partial charge >= 0.3 is 0 Å². The molecule has 1 N–H and O–H groups in total. The van der Waals surface area contributed by atoms with Crippen molar-refractivity contribution in [3.8, 4) is 0 Å². The van der Waals surface area contributed by atoms with Crippen LogP contribution in [-0.2, 0) is 4.79 Å². The van der Waals surface area contributed by atoms with Crippen molar-refractivity contribution in [1.29, 1.82) is 0 Å². The van der Waals surface area contributed by atoms with Crippen molar-refractivity contribution in [3.63, 3.8) is 0 Å². The van der Waals surface area contributed by atoms with E-state index in [-0.39, 0.29) is 18.6 Å². The second kappa shape index (κ2) is 8.14. The molecule has 2 fully saturated rings. The zero-order valence-electron chi connectivity index (χ0n) is 13.8. The van der Waals surface area contributed by atoms with Crippen molar-refractivity contribution in [2.75, 3.05) is 26.7 Å².